The lowest BCUT2D eigenvalue weighted by Gasteiger charge is -2.26. The zero-order valence-electron chi connectivity index (χ0n) is 30.5. The van der Waals surface area contributed by atoms with Crippen LogP contribution in [0.1, 0.15) is 0 Å². The third kappa shape index (κ3) is 4.57. The molecule has 2 aromatic heterocycles. The number of aromatic nitrogens is 1. The summed E-state index contributed by atoms with van der Waals surface area (Å²) in [6.07, 6.45) is 0. The molecular formula is C54H34N2. The molecule has 0 fully saturated rings. The first-order chi connectivity index (χ1) is 27.8. The molecule has 0 unspecified atom stereocenters. The maximum Gasteiger partial charge on any atom is 0.0620 e. The third-order valence-electron chi connectivity index (χ3n) is 11.9. The van der Waals surface area contributed by atoms with Gasteiger partial charge in [0.1, 0.15) is 0 Å². The van der Waals surface area contributed by atoms with E-state index in [-0.39, 0.29) is 0 Å². The van der Waals surface area contributed by atoms with Crippen molar-refractivity contribution in [1.82, 2.24) is 4.40 Å². The van der Waals surface area contributed by atoms with Crippen LogP contribution in [0.25, 0.3) is 92.7 Å². The van der Waals surface area contributed by atoms with Gasteiger partial charge in [-0.25, -0.2) is 0 Å². The van der Waals surface area contributed by atoms with Crippen LogP contribution in [0.5, 0.6) is 0 Å². The maximum absolute atomic E-state index is 2.46. The summed E-state index contributed by atoms with van der Waals surface area (Å²) in [6.45, 7) is 0. The van der Waals surface area contributed by atoms with Gasteiger partial charge in [-0.15, -0.1) is 0 Å². The minimum absolute atomic E-state index is 1.11. The van der Waals surface area contributed by atoms with Gasteiger partial charge in [0, 0.05) is 38.6 Å². The summed E-state index contributed by atoms with van der Waals surface area (Å²) in [7, 11) is 0. The van der Waals surface area contributed by atoms with Crippen molar-refractivity contribution in [2.75, 3.05) is 4.90 Å². The van der Waals surface area contributed by atoms with Gasteiger partial charge in [-0.05, 0) is 103 Å². The Balaban J connectivity index is 1.02. The van der Waals surface area contributed by atoms with Crippen molar-refractivity contribution in [3.8, 4) is 22.3 Å². The number of rotatable bonds is 5. The molecule has 0 saturated carbocycles. The van der Waals surface area contributed by atoms with E-state index in [4.69, 9.17) is 0 Å². The van der Waals surface area contributed by atoms with Crippen LogP contribution in [0.15, 0.2) is 206 Å². The summed E-state index contributed by atoms with van der Waals surface area (Å²) < 4.78 is 2.46. The molecule has 12 rings (SSSR count). The van der Waals surface area contributed by atoms with E-state index in [0.717, 1.165) is 17.1 Å². The molecule has 0 bridgehead atoms. The summed E-state index contributed by atoms with van der Waals surface area (Å²) in [4.78, 5) is 2.39. The second kappa shape index (κ2) is 12.0. The summed E-state index contributed by atoms with van der Waals surface area (Å²) in [5.74, 6) is 0. The second-order valence-corrected chi connectivity index (χ2v) is 14.9. The molecule has 12 aromatic rings. The van der Waals surface area contributed by atoms with Gasteiger partial charge < -0.3 is 9.30 Å². The Morgan fingerprint density at radius 1 is 0.250 bits per heavy atom. The van der Waals surface area contributed by atoms with Crippen LogP contribution in [0.2, 0.25) is 0 Å². The molecule has 0 aliphatic heterocycles. The van der Waals surface area contributed by atoms with Crippen molar-refractivity contribution in [1.29, 1.82) is 0 Å². The summed E-state index contributed by atoms with van der Waals surface area (Å²) >= 11 is 0. The number of fused-ring (bicyclic) bond motifs is 12. The van der Waals surface area contributed by atoms with Crippen molar-refractivity contribution < 1.29 is 0 Å². The normalized spacial score (nSPS) is 11.9. The number of hydrogen-bond donors (Lipinski definition) is 0. The molecule has 0 aliphatic carbocycles. The lowest BCUT2D eigenvalue weighted by atomic mass is 9.92. The molecule has 2 heterocycles. The highest BCUT2D eigenvalue weighted by Gasteiger charge is 2.20. The Labute approximate surface area is 324 Å². The molecule has 2 nitrogen and oxygen atoms in total. The molecule has 260 valence electrons. The minimum atomic E-state index is 1.11. The van der Waals surface area contributed by atoms with E-state index in [2.05, 4.69) is 216 Å². The second-order valence-electron chi connectivity index (χ2n) is 14.9. The maximum atomic E-state index is 2.46. The summed E-state index contributed by atoms with van der Waals surface area (Å²) in [5.41, 5.74) is 11.9. The molecule has 0 spiro atoms. The van der Waals surface area contributed by atoms with Gasteiger partial charge in [-0.2, -0.15) is 0 Å². The topological polar surface area (TPSA) is 7.65 Å². The van der Waals surface area contributed by atoms with Crippen molar-refractivity contribution in [3.63, 3.8) is 0 Å². The van der Waals surface area contributed by atoms with Gasteiger partial charge in [-0.1, -0.05) is 158 Å². The Morgan fingerprint density at radius 3 is 1.32 bits per heavy atom. The van der Waals surface area contributed by atoms with Crippen molar-refractivity contribution in [2.45, 2.75) is 0 Å². The first-order valence-electron chi connectivity index (χ1n) is 19.3. The quantitative estimate of drug-likeness (QED) is 0.161. The highest BCUT2D eigenvalue weighted by molar-refractivity contribution is 6.26. The predicted octanol–water partition coefficient (Wildman–Crippen LogP) is 15.1. The van der Waals surface area contributed by atoms with Gasteiger partial charge in [0.25, 0.3) is 0 Å². The van der Waals surface area contributed by atoms with Gasteiger partial charge in [0.05, 0.1) is 16.6 Å². The van der Waals surface area contributed by atoms with Crippen LogP contribution in [0.4, 0.5) is 17.1 Å². The molecule has 0 N–H and O–H groups in total. The van der Waals surface area contributed by atoms with E-state index in [1.807, 2.05) is 0 Å². The molecule has 0 radical (unpaired) electrons. The van der Waals surface area contributed by atoms with E-state index in [9.17, 15) is 0 Å². The van der Waals surface area contributed by atoms with Gasteiger partial charge in [-0.3, -0.25) is 0 Å². The Bertz CT molecular complexity index is 3410. The zero-order chi connectivity index (χ0) is 36.7. The lowest BCUT2D eigenvalue weighted by Crippen LogP contribution is -2.10. The fourth-order valence-corrected chi connectivity index (χ4v) is 9.33. The number of para-hydroxylation sites is 2. The Hall–Kier alpha value is -7.42. The van der Waals surface area contributed by atoms with Gasteiger partial charge in [0.2, 0.25) is 0 Å². The largest absolute Gasteiger partial charge is 0.310 e. The molecular weight excluding hydrogens is 677 g/mol. The highest BCUT2D eigenvalue weighted by Crippen LogP contribution is 2.43. The van der Waals surface area contributed by atoms with Crippen LogP contribution in [0, 0.1) is 0 Å². The van der Waals surface area contributed by atoms with Crippen LogP contribution >= 0.6 is 0 Å². The number of hydrogen-bond acceptors (Lipinski definition) is 1. The van der Waals surface area contributed by atoms with Crippen molar-refractivity contribution >= 4 is 87.5 Å². The van der Waals surface area contributed by atoms with Crippen LogP contribution in [-0.4, -0.2) is 4.40 Å². The average Bonchev–Trinajstić information content (AvgIpc) is 3.80. The van der Waals surface area contributed by atoms with Crippen LogP contribution in [-0.2, 0) is 0 Å². The summed E-state index contributed by atoms with van der Waals surface area (Å²) in [5, 5.41) is 12.9. The van der Waals surface area contributed by atoms with E-state index in [1.54, 1.807) is 0 Å². The van der Waals surface area contributed by atoms with Gasteiger partial charge >= 0.3 is 0 Å². The average molecular weight is 711 g/mol. The number of anilines is 3. The summed E-state index contributed by atoms with van der Waals surface area (Å²) in [6, 6.07) is 75.7. The Morgan fingerprint density at radius 2 is 0.679 bits per heavy atom. The van der Waals surface area contributed by atoms with Gasteiger partial charge in [0.15, 0.2) is 0 Å². The third-order valence-corrected chi connectivity index (χ3v) is 11.9. The lowest BCUT2D eigenvalue weighted by molar-refractivity contribution is 1.28. The number of nitrogens with zero attached hydrogens (tertiary/aromatic N) is 2. The smallest absolute Gasteiger partial charge is 0.0620 e. The molecule has 0 atom stereocenters. The number of benzene rings is 10. The van der Waals surface area contributed by atoms with E-state index in [0.29, 0.717) is 0 Å². The van der Waals surface area contributed by atoms with E-state index < -0.39 is 0 Å². The molecule has 2 heteroatoms. The SMILES string of the molecule is c1ccc(-c2ccc(N(c3ccc(-c4ccc5c6ccccc6c6ccccc6c5c4)cc3)c3ccc4c5cccc6c7ccccc7n(c4c3)c65)cc2)cc1. The first-order valence-corrected chi connectivity index (χ1v) is 19.3. The van der Waals surface area contributed by atoms with Crippen molar-refractivity contribution in [3.05, 3.63) is 206 Å². The fraction of sp³-hybridized carbons (Fsp3) is 0. The Kier molecular flexibility index (Phi) is 6.66. The molecule has 10 aromatic carbocycles. The molecule has 0 aliphatic rings. The van der Waals surface area contributed by atoms with Crippen molar-refractivity contribution in [2.24, 2.45) is 0 Å². The zero-order valence-corrected chi connectivity index (χ0v) is 30.5. The van der Waals surface area contributed by atoms with Crippen LogP contribution in [0.3, 0.4) is 0 Å². The fourth-order valence-electron chi connectivity index (χ4n) is 9.33. The first kappa shape index (κ1) is 31.0. The minimum Gasteiger partial charge on any atom is -0.310 e. The molecule has 56 heavy (non-hydrogen) atoms. The molecule has 0 amide bonds. The van der Waals surface area contributed by atoms with E-state index >= 15 is 0 Å². The van der Waals surface area contributed by atoms with E-state index in [1.165, 1.54) is 92.7 Å². The monoisotopic (exact) mass is 710 g/mol. The highest BCUT2D eigenvalue weighted by atomic mass is 15.1. The standard InChI is InChI=1S/C54H34N2/c1-2-11-35(12-3-1)36-21-26-39(27-22-36)55(41-30-32-48-50-19-10-18-49-47-17-8-9-20-52(47)56(54(49)50)53(48)34-41)40-28-23-37(24-29-40)38-25-31-46-44-15-5-4-13-42(44)43-14-6-7-16-45(43)51(46)33-38/h1-34H. The predicted molar refractivity (Wildman–Crippen MR) is 239 cm³/mol. The van der Waals surface area contributed by atoms with Crippen LogP contribution < -0.4 is 4.90 Å². The molecule has 0 saturated heterocycles.